The summed E-state index contributed by atoms with van der Waals surface area (Å²) in [6.07, 6.45) is -3.59. The van der Waals surface area contributed by atoms with E-state index in [0.717, 1.165) is 6.20 Å². The fraction of sp³-hybridized carbons (Fsp3) is 0.429. The van der Waals surface area contributed by atoms with Crippen molar-refractivity contribution < 1.29 is 22.7 Å². The average Bonchev–Trinajstić information content (AvgIpc) is 2.51. The van der Waals surface area contributed by atoms with Crippen LogP contribution in [0, 0.1) is 0 Å². The van der Waals surface area contributed by atoms with Gasteiger partial charge in [0.1, 0.15) is 0 Å². The van der Waals surface area contributed by atoms with Crippen LogP contribution in [0.1, 0.15) is 9.88 Å². The van der Waals surface area contributed by atoms with Gasteiger partial charge in [0.25, 0.3) is 0 Å². The van der Waals surface area contributed by atoms with Gasteiger partial charge < -0.3 is 4.74 Å². The van der Waals surface area contributed by atoms with E-state index in [-0.39, 0.29) is 11.3 Å². The number of halogens is 3. The summed E-state index contributed by atoms with van der Waals surface area (Å²) in [6.45, 7) is 0. The van der Waals surface area contributed by atoms with Crippen molar-refractivity contribution in [2.24, 2.45) is 0 Å². The Bertz CT molecular complexity index is 334. The van der Waals surface area contributed by atoms with E-state index in [9.17, 15) is 18.0 Å². The smallest absolute Gasteiger partial charge is 0.443 e. The molecule has 0 unspecified atom stereocenters. The third kappa shape index (κ3) is 2.69. The van der Waals surface area contributed by atoms with Crippen LogP contribution in [0.15, 0.2) is 6.20 Å². The van der Waals surface area contributed by atoms with Gasteiger partial charge in [0.05, 0.1) is 13.5 Å². The van der Waals surface area contributed by atoms with E-state index in [1.54, 1.807) is 0 Å². The molecular weight excluding hydrogens is 219 g/mol. The number of aromatic nitrogens is 1. The van der Waals surface area contributed by atoms with Crippen LogP contribution >= 0.6 is 11.3 Å². The van der Waals surface area contributed by atoms with Crippen LogP contribution < -0.4 is 0 Å². The normalized spacial score (nSPS) is 11.4. The molecule has 0 N–H and O–H groups in total. The van der Waals surface area contributed by atoms with E-state index in [1.165, 1.54) is 7.11 Å². The number of methoxy groups -OCH3 is 1. The molecule has 0 aromatic carbocycles. The van der Waals surface area contributed by atoms with Crippen molar-refractivity contribution in [1.82, 2.24) is 4.98 Å². The Hall–Kier alpha value is -1.11. The van der Waals surface area contributed by atoms with Crippen LogP contribution in [0.4, 0.5) is 13.2 Å². The van der Waals surface area contributed by atoms with Crippen LogP contribution in [0.5, 0.6) is 0 Å². The number of carbonyl (C=O) groups excluding carboxylic acids is 1. The molecule has 0 spiro atoms. The van der Waals surface area contributed by atoms with Gasteiger partial charge in [-0.25, -0.2) is 4.98 Å². The summed E-state index contributed by atoms with van der Waals surface area (Å²) in [7, 11) is 1.17. The molecule has 0 aliphatic rings. The second kappa shape index (κ2) is 3.95. The number of carbonyl (C=O) groups is 1. The molecule has 1 heterocycles. The predicted molar refractivity (Wildman–Crippen MR) is 42.8 cm³/mol. The summed E-state index contributed by atoms with van der Waals surface area (Å²) in [5, 5.41) is -0.948. The fourth-order valence-electron chi connectivity index (χ4n) is 0.735. The summed E-state index contributed by atoms with van der Waals surface area (Å²) in [6, 6.07) is 0. The largest absolute Gasteiger partial charge is 0.469 e. The van der Waals surface area contributed by atoms with E-state index < -0.39 is 17.2 Å². The quantitative estimate of drug-likeness (QED) is 0.721. The first kappa shape index (κ1) is 11.0. The zero-order chi connectivity index (χ0) is 10.8. The number of alkyl halides is 3. The second-order valence-corrected chi connectivity index (χ2v) is 3.50. The van der Waals surface area contributed by atoms with Gasteiger partial charge in [-0.2, -0.15) is 13.2 Å². The van der Waals surface area contributed by atoms with E-state index >= 15 is 0 Å². The molecule has 1 aromatic heterocycles. The molecule has 1 aromatic rings. The summed E-state index contributed by atoms with van der Waals surface area (Å²) in [5.74, 6) is -0.581. The maximum absolute atomic E-state index is 12.1. The van der Waals surface area contributed by atoms with Gasteiger partial charge >= 0.3 is 12.1 Å². The zero-order valence-corrected chi connectivity index (χ0v) is 7.91. The third-order valence-electron chi connectivity index (χ3n) is 1.34. The van der Waals surface area contributed by atoms with Crippen molar-refractivity contribution in [2.75, 3.05) is 7.11 Å². The Morgan fingerprint density at radius 2 is 2.29 bits per heavy atom. The fourth-order valence-corrected chi connectivity index (χ4v) is 1.50. The first-order valence-electron chi connectivity index (χ1n) is 3.52. The topological polar surface area (TPSA) is 39.2 Å². The van der Waals surface area contributed by atoms with Gasteiger partial charge in [0.15, 0.2) is 5.01 Å². The van der Waals surface area contributed by atoms with Gasteiger partial charge in [-0.05, 0) is 0 Å². The third-order valence-corrected chi connectivity index (χ3v) is 2.38. The van der Waals surface area contributed by atoms with Crippen molar-refractivity contribution in [3.05, 3.63) is 16.1 Å². The average molecular weight is 225 g/mol. The van der Waals surface area contributed by atoms with Crippen molar-refractivity contribution >= 4 is 17.3 Å². The summed E-state index contributed by atoms with van der Waals surface area (Å²) >= 11 is 0.447. The van der Waals surface area contributed by atoms with Crippen molar-refractivity contribution in [3.63, 3.8) is 0 Å². The Morgan fingerprint density at radius 3 is 2.71 bits per heavy atom. The van der Waals surface area contributed by atoms with Crippen LogP contribution in [0.2, 0.25) is 0 Å². The van der Waals surface area contributed by atoms with E-state index in [2.05, 4.69) is 9.72 Å². The van der Waals surface area contributed by atoms with Crippen molar-refractivity contribution in [3.8, 4) is 0 Å². The highest BCUT2D eigenvalue weighted by molar-refractivity contribution is 7.11. The number of esters is 1. The zero-order valence-electron chi connectivity index (χ0n) is 7.09. The molecule has 0 aliphatic carbocycles. The molecule has 0 atom stereocenters. The Balaban J connectivity index is 2.74. The first-order valence-corrected chi connectivity index (χ1v) is 4.34. The van der Waals surface area contributed by atoms with E-state index in [1.807, 2.05) is 0 Å². The SMILES string of the molecule is COC(=O)Cc1cnc(C(F)(F)F)s1. The highest BCUT2D eigenvalue weighted by atomic mass is 32.1. The van der Waals surface area contributed by atoms with E-state index in [0.29, 0.717) is 11.3 Å². The lowest BCUT2D eigenvalue weighted by Crippen LogP contribution is -2.03. The summed E-state index contributed by atoms with van der Waals surface area (Å²) in [4.78, 5) is 14.1. The number of ether oxygens (including phenoxy) is 1. The lowest BCUT2D eigenvalue weighted by Gasteiger charge is -1.98. The minimum atomic E-state index is -4.45. The minimum Gasteiger partial charge on any atom is -0.469 e. The highest BCUT2D eigenvalue weighted by Gasteiger charge is 2.34. The number of hydrogen-bond acceptors (Lipinski definition) is 4. The Labute approximate surface area is 81.5 Å². The molecule has 1 rings (SSSR count). The van der Waals surface area contributed by atoms with Crippen LogP contribution in [0.3, 0.4) is 0 Å². The minimum absolute atomic E-state index is 0.176. The molecule has 0 bridgehead atoms. The van der Waals surface area contributed by atoms with Gasteiger partial charge in [0, 0.05) is 11.1 Å². The molecule has 0 radical (unpaired) electrons. The highest BCUT2D eigenvalue weighted by Crippen LogP contribution is 2.32. The molecule has 3 nitrogen and oxygen atoms in total. The molecule has 0 fully saturated rings. The molecule has 78 valence electrons. The number of thiazole rings is 1. The van der Waals surface area contributed by atoms with Gasteiger partial charge in [0.2, 0.25) is 0 Å². The molecule has 0 saturated carbocycles. The number of nitrogens with zero attached hydrogens (tertiary/aromatic N) is 1. The number of rotatable bonds is 2. The van der Waals surface area contributed by atoms with Crippen LogP contribution in [-0.4, -0.2) is 18.1 Å². The van der Waals surface area contributed by atoms with Crippen LogP contribution in [-0.2, 0) is 22.1 Å². The monoisotopic (exact) mass is 225 g/mol. The molecule has 0 saturated heterocycles. The molecular formula is C7H6F3NO2S. The van der Waals surface area contributed by atoms with Gasteiger partial charge in [-0.1, -0.05) is 0 Å². The van der Waals surface area contributed by atoms with Crippen LogP contribution in [0.25, 0.3) is 0 Å². The van der Waals surface area contributed by atoms with Crippen molar-refractivity contribution in [1.29, 1.82) is 0 Å². The second-order valence-electron chi connectivity index (χ2n) is 2.38. The molecule has 0 aliphatic heterocycles. The Kier molecular flexibility index (Phi) is 3.10. The molecule has 14 heavy (non-hydrogen) atoms. The predicted octanol–water partition coefficient (Wildman–Crippen LogP) is 1.88. The van der Waals surface area contributed by atoms with Gasteiger partial charge in [-0.15, -0.1) is 11.3 Å². The number of hydrogen-bond donors (Lipinski definition) is 0. The summed E-state index contributed by atoms with van der Waals surface area (Å²) < 4.78 is 40.5. The Morgan fingerprint density at radius 1 is 1.64 bits per heavy atom. The lowest BCUT2D eigenvalue weighted by molar-refractivity contribution is -0.140. The first-order chi connectivity index (χ1) is 6.43. The van der Waals surface area contributed by atoms with Gasteiger partial charge in [-0.3, -0.25) is 4.79 Å². The maximum atomic E-state index is 12.1. The molecule has 0 amide bonds. The molecule has 7 heteroatoms. The lowest BCUT2D eigenvalue weighted by atomic mass is 10.4. The summed E-state index contributed by atoms with van der Waals surface area (Å²) in [5.41, 5.74) is 0. The standard InChI is InChI=1S/C7H6F3NO2S/c1-13-5(12)2-4-3-11-6(14-4)7(8,9)10/h3H,2H2,1H3. The van der Waals surface area contributed by atoms with Crippen molar-refractivity contribution in [2.45, 2.75) is 12.6 Å². The maximum Gasteiger partial charge on any atom is 0.443 e. The van der Waals surface area contributed by atoms with E-state index in [4.69, 9.17) is 0 Å².